The van der Waals surface area contributed by atoms with E-state index in [1.165, 1.54) is 18.2 Å². The molecule has 3 N–H and O–H groups in total. The molecule has 4 nitrogen and oxygen atoms in total. The van der Waals surface area contributed by atoms with Gasteiger partial charge in [-0.2, -0.15) is 0 Å². The Labute approximate surface area is 106 Å². The van der Waals surface area contributed by atoms with Gasteiger partial charge < -0.3 is 10.8 Å². The summed E-state index contributed by atoms with van der Waals surface area (Å²) in [6.07, 6.45) is 1.15. The van der Waals surface area contributed by atoms with Gasteiger partial charge in [-0.25, -0.2) is 8.42 Å². The first kappa shape index (κ1) is 12.4. The number of nitrogens with two attached hydrogens (primary N) is 1. The van der Waals surface area contributed by atoms with Crippen LogP contribution >= 0.6 is 0 Å². The molecule has 0 amide bonds. The molecule has 0 heterocycles. The van der Waals surface area contributed by atoms with Crippen LogP contribution < -0.4 is 5.73 Å². The van der Waals surface area contributed by atoms with E-state index in [0.29, 0.717) is 16.8 Å². The van der Waals surface area contributed by atoms with Gasteiger partial charge in [0.05, 0.1) is 4.90 Å². The summed E-state index contributed by atoms with van der Waals surface area (Å²) in [5.41, 5.74) is 7.19. The van der Waals surface area contributed by atoms with E-state index in [9.17, 15) is 13.5 Å². The zero-order valence-electron chi connectivity index (χ0n) is 9.79. The predicted octanol–water partition coefficient (Wildman–Crippen LogP) is 2.04. The van der Waals surface area contributed by atoms with E-state index in [0.717, 1.165) is 6.26 Å². The van der Waals surface area contributed by atoms with E-state index in [-0.39, 0.29) is 10.6 Å². The Bertz CT molecular complexity index is 693. The highest BCUT2D eigenvalue weighted by molar-refractivity contribution is 7.90. The van der Waals surface area contributed by atoms with E-state index in [4.69, 9.17) is 5.73 Å². The summed E-state index contributed by atoms with van der Waals surface area (Å²) in [6, 6.07) is 11.2. The predicted molar refractivity (Wildman–Crippen MR) is 71.1 cm³/mol. The molecule has 0 saturated heterocycles. The summed E-state index contributed by atoms with van der Waals surface area (Å²) in [6.45, 7) is 0. The van der Waals surface area contributed by atoms with Crippen molar-refractivity contribution in [3.63, 3.8) is 0 Å². The number of nitrogen functional groups attached to an aromatic ring is 1. The smallest absolute Gasteiger partial charge is 0.175 e. The Hall–Kier alpha value is -2.01. The van der Waals surface area contributed by atoms with E-state index < -0.39 is 9.84 Å². The SMILES string of the molecule is CS(=O)(=O)c1cccc(-c2ccc(N)cc2O)c1. The molecule has 0 fully saturated rings. The van der Waals surface area contributed by atoms with Gasteiger partial charge >= 0.3 is 0 Å². The van der Waals surface area contributed by atoms with Crippen LogP contribution in [0.3, 0.4) is 0 Å². The van der Waals surface area contributed by atoms with Crippen LogP contribution in [-0.4, -0.2) is 19.8 Å². The molecule has 0 atom stereocenters. The second kappa shape index (κ2) is 4.34. The topological polar surface area (TPSA) is 80.4 Å². The molecule has 2 aromatic carbocycles. The van der Waals surface area contributed by atoms with Gasteiger partial charge in [-0.05, 0) is 29.8 Å². The molecule has 18 heavy (non-hydrogen) atoms. The molecule has 5 heteroatoms. The molecule has 2 aromatic rings. The molecule has 2 rings (SSSR count). The number of aromatic hydroxyl groups is 1. The Morgan fingerprint density at radius 3 is 2.44 bits per heavy atom. The number of sulfone groups is 1. The van der Waals surface area contributed by atoms with Crippen LogP contribution in [-0.2, 0) is 9.84 Å². The molecular weight excluding hydrogens is 250 g/mol. The number of benzene rings is 2. The van der Waals surface area contributed by atoms with Crippen LogP contribution in [0.2, 0.25) is 0 Å². The van der Waals surface area contributed by atoms with Crippen molar-refractivity contribution in [1.82, 2.24) is 0 Å². The fourth-order valence-corrected chi connectivity index (χ4v) is 2.35. The third-order valence-corrected chi connectivity index (χ3v) is 3.71. The molecule has 0 aliphatic carbocycles. The van der Waals surface area contributed by atoms with Crippen molar-refractivity contribution in [2.24, 2.45) is 0 Å². The van der Waals surface area contributed by atoms with Crippen LogP contribution in [0.5, 0.6) is 5.75 Å². The third-order valence-electron chi connectivity index (χ3n) is 2.59. The van der Waals surface area contributed by atoms with Gasteiger partial charge in [-0.15, -0.1) is 0 Å². The van der Waals surface area contributed by atoms with E-state index in [2.05, 4.69) is 0 Å². The van der Waals surface area contributed by atoms with Crippen LogP contribution in [0.15, 0.2) is 47.4 Å². The van der Waals surface area contributed by atoms with Crippen molar-refractivity contribution in [1.29, 1.82) is 0 Å². The molecule has 0 spiro atoms. The second-order valence-electron chi connectivity index (χ2n) is 4.08. The van der Waals surface area contributed by atoms with Crippen molar-refractivity contribution < 1.29 is 13.5 Å². The molecule has 0 radical (unpaired) electrons. The maximum atomic E-state index is 11.5. The Balaban J connectivity index is 2.58. The minimum absolute atomic E-state index is 0.0284. The molecule has 0 aliphatic rings. The van der Waals surface area contributed by atoms with Crippen molar-refractivity contribution in [3.05, 3.63) is 42.5 Å². The van der Waals surface area contributed by atoms with Crippen molar-refractivity contribution >= 4 is 15.5 Å². The lowest BCUT2D eigenvalue weighted by molar-refractivity contribution is 0.477. The van der Waals surface area contributed by atoms with Gasteiger partial charge in [0.2, 0.25) is 0 Å². The quantitative estimate of drug-likeness (QED) is 0.812. The fraction of sp³-hybridized carbons (Fsp3) is 0.0769. The number of hydrogen-bond donors (Lipinski definition) is 2. The minimum Gasteiger partial charge on any atom is -0.507 e. The highest BCUT2D eigenvalue weighted by Gasteiger charge is 2.10. The number of hydrogen-bond acceptors (Lipinski definition) is 4. The fourth-order valence-electron chi connectivity index (χ4n) is 1.69. The summed E-state index contributed by atoms with van der Waals surface area (Å²) in [4.78, 5) is 0.219. The largest absolute Gasteiger partial charge is 0.507 e. The lowest BCUT2D eigenvalue weighted by Gasteiger charge is -2.07. The minimum atomic E-state index is -3.26. The normalized spacial score (nSPS) is 11.4. The summed E-state index contributed by atoms with van der Waals surface area (Å²) in [5.74, 6) is 0.0284. The number of rotatable bonds is 2. The second-order valence-corrected chi connectivity index (χ2v) is 6.09. The molecule has 0 unspecified atom stereocenters. The van der Waals surface area contributed by atoms with Gasteiger partial charge in [0.15, 0.2) is 9.84 Å². The first-order valence-corrected chi connectivity index (χ1v) is 7.16. The van der Waals surface area contributed by atoms with Crippen LogP contribution in [0.25, 0.3) is 11.1 Å². The van der Waals surface area contributed by atoms with Gasteiger partial charge in [0, 0.05) is 23.6 Å². The summed E-state index contributed by atoms with van der Waals surface area (Å²) in [5, 5.41) is 9.81. The van der Waals surface area contributed by atoms with E-state index in [1.807, 2.05) is 0 Å². The lowest BCUT2D eigenvalue weighted by Crippen LogP contribution is -1.96. The Kier molecular flexibility index (Phi) is 3.00. The molecule has 0 aromatic heterocycles. The summed E-state index contributed by atoms with van der Waals surface area (Å²) in [7, 11) is -3.26. The molecule has 0 bridgehead atoms. The van der Waals surface area contributed by atoms with Gasteiger partial charge in [0.25, 0.3) is 0 Å². The number of phenols is 1. The first-order chi connectivity index (χ1) is 8.38. The molecule has 0 aliphatic heterocycles. The third kappa shape index (κ3) is 2.46. The van der Waals surface area contributed by atoms with Crippen molar-refractivity contribution in [3.8, 4) is 16.9 Å². The maximum Gasteiger partial charge on any atom is 0.175 e. The number of anilines is 1. The first-order valence-electron chi connectivity index (χ1n) is 5.27. The van der Waals surface area contributed by atoms with Gasteiger partial charge in [-0.3, -0.25) is 0 Å². The highest BCUT2D eigenvalue weighted by atomic mass is 32.2. The Morgan fingerprint density at radius 2 is 1.83 bits per heavy atom. The number of phenolic OH excluding ortho intramolecular Hbond substituents is 1. The maximum absolute atomic E-state index is 11.5. The monoisotopic (exact) mass is 263 g/mol. The van der Waals surface area contributed by atoms with Gasteiger partial charge in [0.1, 0.15) is 5.75 Å². The van der Waals surface area contributed by atoms with Crippen molar-refractivity contribution in [2.45, 2.75) is 4.90 Å². The Morgan fingerprint density at radius 1 is 1.11 bits per heavy atom. The van der Waals surface area contributed by atoms with E-state index >= 15 is 0 Å². The van der Waals surface area contributed by atoms with Crippen LogP contribution in [0.1, 0.15) is 0 Å². The molecular formula is C13H13NO3S. The summed E-state index contributed by atoms with van der Waals surface area (Å²) < 4.78 is 22.9. The molecule has 94 valence electrons. The van der Waals surface area contributed by atoms with E-state index in [1.54, 1.807) is 24.3 Å². The average molecular weight is 263 g/mol. The standard InChI is InChI=1S/C13H13NO3S/c1-18(16,17)11-4-2-3-9(7-11)12-6-5-10(14)8-13(12)15/h2-8,15H,14H2,1H3. The molecule has 0 saturated carbocycles. The average Bonchev–Trinajstić information content (AvgIpc) is 2.28. The lowest BCUT2D eigenvalue weighted by atomic mass is 10.0. The van der Waals surface area contributed by atoms with Crippen LogP contribution in [0, 0.1) is 0 Å². The summed E-state index contributed by atoms with van der Waals surface area (Å²) >= 11 is 0. The highest BCUT2D eigenvalue weighted by Crippen LogP contribution is 2.31. The van der Waals surface area contributed by atoms with Crippen molar-refractivity contribution in [2.75, 3.05) is 12.0 Å². The van der Waals surface area contributed by atoms with Gasteiger partial charge in [-0.1, -0.05) is 12.1 Å². The zero-order valence-corrected chi connectivity index (χ0v) is 10.6. The van der Waals surface area contributed by atoms with Crippen LogP contribution in [0.4, 0.5) is 5.69 Å². The zero-order chi connectivity index (χ0) is 13.3.